The van der Waals surface area contributed by atoms with Crippen molar-refractivity contribution < 1.29 is 28.9 Å². The Bertz CT molecular complexity index is 740. The van der Waals surface area contributed by atoms with E-state index in [1.807, 2.05) is 0 Å². The van der Waals surface area contributed by atoms with Gasteiger partial charge < -0.3 is 19.3 Å². The number of carbonyl (C=O) groups is 2. The van der Waals surface area contributed by atoms with Gasteiger partial charge in [0.05, 0.1) is 19.3 Å². The summed E-state index contributed by atoms with van der Waals surface area (Å²) < 4.78 is 15.7. The molecule has 0 saturated carbocycles. The van der Waals surface area contributed by atoms with Gasteiger partial charge in [0.25, 0.3) is 0 Å². The predicted molar refractivity (Wildman–Crippen MR) is 99.0 cm³/mol. The number of rotatable bonds is 8. The molecule has 1 aliphatic rings. The topological polar surface area (TPSA) is 85.3 Å². The second kappa shape index (κ2) is 8.94. The summed E-state index contributed by atoms with van der Waals surface area (Å²) in [6.45, 7) is -0.0603. The second-order valence-corrected chi connectivity index (χ2v) is 6.37. The van der Waals surface area contributed by atoms with Crippen LogP contribution in [0.25, 0.3) is 0 Å². The van der Waals surface area contributed by atoms with Crippen molar-refractivity contribution in [2.75, 3.05) is 34.9 Å². The van der Waals surface area contributed by atoms with E-state index in [1.54, 1.807) is 55.4 Å². The molecule has 2 unspecified atom stereocenters. The maximum Gasteiger partial charge on any atom is 0.338 e. The van der Waals surface area contributed by atoms with Gasteiger partial charge in [-0.1, -0.05) is 36.4 Å². The summed E-state index contributed by atoms with van der Waals surface area (Å²) in [4.78, 5) is 26.8. The Kier molecular flexibility index (Phi) is 6.90. The monoisotopic (exact) mass is 375 g/mol. The molecule has 1 aromatic carbocycles. The molecule has 7 heteroatoms. The highest BCUT2D eigenvalue weighted by atomic mass is 16.6. The average molecular weight is 375 g/mol. The van der Waals surface area contributed by atoms with Gasteiger partial charge in [-0.25, -0.2) is 4.79 Å². The van der Waals surface area contributed by atoms with Gasteiger partial charge in [0, 0.05) is 19.1 Å². The van der Waals surface area contributed by atoms with Crippen LogP contribution in [0.1, 0.15) is 16.8 Å². The molecule has 1 N–H and O–H groups in total. The first-order valence-electron chi connectivity index (χ1n) is 8.48. The van der Waals surface area contributed by atoms with E-state index >= 15 is 0 Å². The minimum absolute atomic E-state index is 0.0603. The van der Waals surface area contributed by atoms with Gasteiger partial charge in [-0.05, 0) is 20.2 Å². The zero-order chi connectivity index (χ0) is 20.0. The molecular weight excluding hydrogens is 350 g/mol. The van der Waals surface area contributed by atoms with Crippen LogP contribution >= 0.6 is 0 Å². The maximum atomic E-state index is 12.6. The number of likely N-dealkylation sites (N-methyl/N-ethyl adjacent to an activating group) is 1. The van der Waals surface area contributed by atoms with Crippen LogP contribution < -0.4 is 0 Å². The summed E-state index contributed by atoms with van der Waals surface area (Å²) in [5.41, 5.74) is -0.704. The number of aliphatic hydroxyl groups is 1. The van der Waals surface area contributed by atoms with Gasteiger partial charge in [-0.15, -0.1) is 0 Å². The molecule has 0 bridgehead atoms. The zero-order valence-electron chi connectivity index (χ0n) is 16.0. The minimum atomic E-state index is -1.34. The van der Waals surface area contributed by atoms with Gasteiger partial charge in [-0.2, -0.15) is 0 Å². The van der Waals surface area contributed by atoms with Gasteiger partial charge in [0.1, 0.15) is 5.76 Å². The number of ketones is 1. The third-order valence-corrected chi connectivity index (χ3v) is 4.40. The number of hydrogen-bond donors (Lipinski definition) is 1. The third kappa shape index (κ3) is 4.63. The third-order valence-electron chi connectivity index (χ3n) is 4.40. The van der Waals surface area contributed by atoms with Crippen LogP contribution in [0.4, 0.5) is 0 Å². The summed E-state index contributed by atoms with van der Waals surface area (Å²) in [6, 6.07) is 8.57. The highest BCUT2D eigenvalue weighted by Gasteiger charge is 2.38. The molecule has 0 heterocycles. The number of esters is 1. The van der Waals surface area contributed by atoms with Crippen molar-refractivity contribution in [2.24, 2.45) is 0 Å². The lowest BCUT2D eigenvalue weighted by molar-refractivity contribution is -0.144. The van der Waals surface area contributed by atoms with Crippen molar-refractivity contribution in [3.63, 3.8) is 0 Å². The number of hydrogen-bond acceptors (Lipinski definition) is 7. The smallest absolute Gasteiger partial charge is 0.338 e. The highest BCUT2D eigenvalue weighted by molar-refractivity contribution is 6.02. The summed E-state index contributed by atoms with van der Waals surface area (Å²) in [5, 5.41) is 10.7. The second-order valence-electron chi connectivity index (χ2n) is 6.37. The van der Waals surface area contributed by atoms with Crippen LogP contribution in [-0.2, 0) is 19.0 Å². The Morgan fingerprint density at radius 2 is 1.89 bits per heavy atom. The Labute approximate surface area is 158 Å². The van der Waals surface area contributed by atoms with Crippen molar-refractivity contribution >= 4 is 11.8 Å². The lowest BCUT2D eigenvalue weighted by Crippen LogP contribution is -2.47. The normalized spacial score (nSPS) is 20.5. The van der Waals surface area contributed by atoms with Crippen LogP contribution in [0.3, 0.4) is 0 Å². The summed E-state index contributed by atoms with van der Waals surface area (Å²) in [6.07, 6.45) is 2.05. The Morgan fingerprint density at radius 1 is 1.22 bits per heavy atom. The quantitative estimate of drug-likeness (QED) is 0.419. The summed E-state index contributed by atoms with van der Waals surface area (Å²) in [7, 11) is 6.26. The standard InChI is InChI=1S/C20H25NO6/c1-21(2)20(24)11-10-15(12-17(20)26-4)19(23)27-16(13-25-3)18(22)14-8-6-5-7-9-14/h5-10,12,16,24H,11,13H2,1-4H3. The minimum Gasteiger partial charge on any atom is -0.496 e. The SMILES string of the molecule is COCC(OC(=O)C1=CCC(O)(N(C)C)C(OC)=C1)C(=O)c1ccccc1. The molecule has 27 heavy (non-hydrogen) atoms. The van der Waals surface area contributed by atoms with Crippen molar-refractivity contribution in [3.8, 4) is 0 Å². The van der Waals surface area contributed by atoms with Gasteiger partial charge >= 0.3 is 5.97 Å². The fourth-order valence-electron chi connectivity index (χ4n) is 2.74. The first-order valence-corrected chi connectivity index (χ1v) is 8.48. The van der Waals surface area contributed by atoms with E-state index in [2.05, 4.69) is 0 Å². The molecule has 0 saturated heterocycles. The summed E-state index contributed by atoms with van der Waals surface area (Å²) in [5.74, 6) is -0.806. The number of Topliss-reactive ketones (excluding diaryl/α,β-unsaturated/α-hetero) is 1. The Hall–Kier alpha value is -2.48. The molecule has 2 rings (SSSR count). The Balaban J connectivity index is 2.18. The van der Waals surface area contributed by atoms with E-state index in [0.717, 1.165) is 0 Å². The molecule has 146 valence electrons. The zero-order valence-corrected chi connectivity index (χ0v) is 16.0. The van der Waals surface area contributed by atoms with E-state index in [9.17, 15) is 14.7 Å². The number of methoxy groups -OCH3 is 2. The molecule has 0 radical (unpaired) electrons. The first-order chi connectivity index (χ1) is 12.8. The molecule has 0 amide bonds. The fourth-order valence-corrected chi connectivity index (χ4v) is 2.74. The number of benzene rings is 1. The average Bonchev–Trinajstić information content (AvgIpc) is 2.67. The van der Waals surface area contributed by atoms with E-state index in [0.29, 0.717) is 5.56 Å². The lowest BCUT2D eigenvalue weighted by Gasteiger charge is -2.37. The molecule has 1 aromatic rings. The number of ether oxygens (including phenoxy) is 3. The largest absolute Gasteiger partial charge is 0.496 e. The van der Waals surface area contributed by atoms with Crippen molar-refractivity contribution in [2.45, 2.75) is 18.2 Å². The van der Waals surface area contributed by atoms with Crippen LogP contribution in [0.2, 0.25) is 0 Å². The van der Waals surface area contributed by atoms with Crippen LogP contribution in [0.15, 0.2) is 53.8 Å². The van der Waals surface area contributed by atoms with E-state index in [1.165, 1.54) is 20.3 Å². The van der Waals surface area contributed by atoms with Crippen LogP contribution in [-0.4, -0.2) is 68.5 Å². The van der Waals surface area contributed by atoms with Crippen LogP contribution in [0, 0.1) is 0 Å². The number of carbonyl (C=O) groups excluding carboxylic acids is 2. The number of nitrogens with zero attached hydrogens (tertiary/aromatic N) is 1. The van der Waals surface area contributed by atoms with E-state index in [-0.39, 0.29) is 30.1 Å². The van der Waals surface area contributed by atoms with Crippen molar-refractivity contribution in [3.05, 3.63) is 59.4 Å². The maximum absolute atomic E-state index is 12.6. The molecule has 7 nitrogen and oxygen atoms in total. The van der Waals surface area contributed by atoms with Crippen LogP contribution in [0.5, 0.6) is 0 Å². The van der Waals surface area contributed by atoms with Gasteiger partial charge in [0.15, 0.2) is 11.8 Å². The molecule has 0 aromatic heterocycles. The van der Waals surface area contributed by atoms with Crippen molar-refractivity contribution in [1.82, 2.24) is 4.90 Å². The Morgan fingerprint density at radius 3 is 2.44 bits per heavy atom. The van der Waals surface area contributed by atoms with E-state index in [4.69, 9.17) is 14.2 Å². The van der Waals surface area contributed by atoms with Gasteiger partial charge in [0.2, 0.25) is 5.78 Å². The van der Waals surface area contributed by atoms with Gasteiger partial charge in [-0.3, -0.25) is 9.69 Å². The molecule has 0 spiro atoms. The highest BCUT2D eigenvalue weighted by Crippen LogP contribution is 2.31. The molecular formula is C20H25NO6. The van der Waals surface area contributed by atoms with Crippen molar-refractivity contribution in [1.29, 1.82) is 0 Å². The molecule has 0 aliphatic heterocycles. The first kappa shape index (κ1) is 20.8. The lowest BCUT2D eigenvalue weighted by atomic mass is 9.96. The fraction of sp³-hybridized carbons (Fsp3) is 0.400. The van der Waals surface area contributed by atoms with E-state index < -0.39 is 17.8 Å². The summed E-state index contributed by atoms with van der Waals surface area (Å²) >= 11 is 0. The molecule has 1 aliphatic carbocycles. The molecule has 2 atom stereocenters. The predicted octanol–water partition coefficient (Wildman–Crippen LogP) is 1.54. The molecule has 0 fully saturated rings.